The van der Waals surface area contributed by atoms with Crippen molar-refractivity contribution < 1.29 is 14.4 Å². The van der Waals surface area contributed by atoms with Crippen LogP contribution in [0.4, 0.5) is 5.69 Å². The monoisotopic (exact) mass is 462 g/mol. The zero-order valence-corrected chi connectivity index (χ0v) is 16.4. The average molecular weight is 462 g/mol. The van der Waals surface area contributed by atoms with E-state index < -0.39 is 6.04 Å². The van der Waals surface area contributed by atoms with Gasteiger partial charge in [-0.2, -0.15) is 0 Å². The van der Waals surface area contributed by atoms with Gasteiger partial charge in [-0.05, 0) is 83.9 Å². The summed E-state index contributed by atoms with van der Waals surface area (Å²) in [6, 6.07) is 6.64. The second-order valence-corrected chi connectivity index (χ2v) is 9.12. The first-order chi connectivity index (χ1) is 12.5. The highest BCUT2D eigenvalue weighted by Gasteiger charge is 2.67. The molecule has 6 heteroatoms. The summed E-state index contributed by atoms with van der Waals surface area (Å²) in [4.78, 5) is 40.0. The van der Waals surface area contributed by atoms with Gasteiger partial charge in [-0.25, -0.2) is 0 Å². The number of nitrogens with one attached hydrogen (secondary N) is 1. The van der Waals surface area contributed by atoms with Gasteiger partial charge in [-0.3, -0.25) is 19.3 Å². The average Bonchev–Trinajstić information content (AvgIpc) is 3.41. The van der Waals surface area contributed by atoms with E-state index in [4.69, 9.17) is 0 Å². The number of imide groups is 1. The lowest BCUT2D eigenvalue weighted by atomic mass is 9.63. The standard InChI is InChI=1S/C20H19IN2O3/c1-9(18(24)22-11-4-2-10(21)3-5-11)23-19(25)16-12-6-7-13(15-8-14(12)15)17(16)20(23)26/h2-7,9,12-17H,8H2,1H3,(H,22,24)/t9-,12+,13+,14+,15+,16-,17-/m1/s1. The van der Waals surface area contributed by atoms with E-state index in [1.54, 1.807) is 6.92 Å². The molecule has 1 aromatic rings. The van der Waals surface area contributed by atoms with Crippen LogP contribution in [-0.4, -0.2) is 28.7 Å². The van der Waals surface area contributed by atoms with Crippen LogP contribution in [0.15, 0.2) is 36.4 Å². The Morgan fingerprint density at radius 2 is 1.62 bits per heavy atom. The molecule has 3 amide bonds. The zero-order chi connectivity index (χ0) is 18.2. The largest absolute Gasteiger partial charge is 0.324 e. The Morgan fingerprint density at radius 3 is 2.15 bits per heavy atom. The molecule has 0 aromatic heterocycles. The van der Waals surface area contributed by atoms with Gasteiger partial charge in [0, 0.05) is 9.26 Å². The van der Waals surface area contributed by atoms with Crippen molar-refractivity contribution in [1.29, 1.82) is 0 Å². The van der Waals surface area contributed by atoms with Crippen LogP contribution in [0.2, 0.25) is 0 Å². The van der Waals surface area contributed by atoms with Crippen molar-refractivity contribution >= 4 is 46.0 Å². The number of likely N-dealkylation sites (tertiary alicyclic amines) is 1. The van der Waals surface area contributed by atoms with Crippen LogP contribution >= 0.6 is 22.6 Å². The van der Waals surface area contributed by atoms with Crippen LogP contribution < -0.4 is 5.32 Å². The van der Waals surface area contributed by atoms with Crippen molar-refractivity contribution in [1.82, 2.24) is 4.90 Å². The fourth-order valence-corrected chi connectivity index (χ4v) is 5.62. The minimum atomic E-state index is -0.796. The molecule has 2 saturated carbocycles. The van der Waals surface area contributed by atoms with E-state index in [1.807, 2.05) is 24.3 Å². The fraction of sp³-hybridized carbons (Fsp3) is 0.450. The summed E-state index contributed by atoms with van der Waals surface area (Å²) in [6.07, 6.45) is 5.43. The minimum Gasteiger partial charge on any atom is -0.324 e. The molecule has 6 rings (SSSR count). The molecule has 1 saturated heterocycles. The van der Waals surface area contributed by atoms with Gasteiger partial charge in [-0.15, -0.1) is 0 Å². The van der Waals surface area contributed by atoms with Crippen LogP contribution in [-0.2, 0) is 14.4 Å². The number of anilines is 1. The maximum absolute atomic E-state index is 13.0. The number of hydrogen-bond acceptors (Lipinski definition) is 3. The second-order valence-electron chi connectivity index (χ2n) is 7.87. The predicted octanol–water partition coefficient (Wildman–Crippen LogP) is 2.67. The summed E-state index contributed by atoms with van der Waals surface area (Å²) in [6.45, 7) is 1.64. The van der Waals surface area contributed by atoms with Gasteiger partial charge in [0.25, 0.3) is 0 Å². The Bertz CT molecular complexity index is 813. The number of allylic oxidation sites excluding steroid dienone is 2. The maximum atomic E-state index is 13.0. The van der Waals surface area contributed by atoms with Gasteiger partial charge >= 0.3 is 0 Å². The number of carbonyl (C=O) groups excluding carboxylic acids is 3. The summed E-state index contributed by atoms with van der Waals surface area (Å²) in [5, 5.41) is 2.82. The van der Waals surface area contributed by atoms with E-state index >= 15 is 0 Å². The van der Waals surface area contributed by atoms with Crippen molar-refractivity contribution in [2.75, 3.05) is 5.32 Å². The van der Waals surface area contributed by atoms with E-state index in [0.717, 1.165) is 9.99 Å². The van der Waals surface area contributed by atoms with Gasteiger partial charge in [0.2, 0.25) is 17.7 Å². The van der Waals surface area contributed by atoms with Crippen molar-refractivity contribution in [2.24, 2.45) is 35.5 Å². The second kappa shape index (κ2) is 5.65. The Kier molecular flexibility index (Phi) is 3.58. The molecule has 7 atom stereocenters. The molecule has 26 heavy (non-hydrogen) atoms. The third-order valence-corrected chi connectivity index (χ3v) is 7.29. The summed E-state index contributed by atoms with van der Waals surface area (Å²) >= 11 is 2.20. The van der Waals surface area contributed by atoms with E-state index in [-0.39, 0.29) is 41.4 Å². The Labute approximate surface area is 165 Å². The quantitative estimate of drug-likeness (QED) is 0.427. The van der Waals surface area contributed by atoms with Gasteiger partial charge in [0.15, 0.2) is 0 Å². The first-order valence-corrected chi connectivity index (χ1v) is 10.2. The lowest BCUT2D eigenvalue weighted by molar-refractivity contribution is -0.146. The van der Waals surface area contributed by atoms with Gasteiger partial charge in [0.05, 0.1) is 11.8 Å². The number of halogens is 1. The molecule has 1 aromatic carbocycles. The molecule has 1 N–H and O–H groups in total. The summed E-state index contributed by atoms with van der Waals surface area (Å²) in [5.41, 5.74) is 0.668. The molecule has 5 nitrogen and oxygen atoms in total. The first kappa shape index (κ1) is 16.5. The topological polar surface area (TPSA) is 66.5 Å². The molecule has 3 fully saturated rings. The van der Waals surface area contributed by atoms with Gasteiger partial charge in [0.1, 0.15) is 6.04 Å². The number of benzene rings is 1. The highest BCUT2D eigenvalue weighted by molar-refractivity contribution is 14.1. The highest BCUT2D eigenvalue weighted by Crippen LogP contribution is 2.65. The number of nitrogens with zero attached hydrogens (tertiary/aromatic N) is 1. The maximum Gasteiger partial charge on any atom is 0.247 e. The summed E-state index contributed by atoms with van der Waals surface area (Å²) in [5.74, 6) is 0.357. The molecular weight excluding hydrogens is 443 g/mol. The smallest absolute Gasteiger partial charge is 0.247 e. The van der Waals surface area contributed by atoms with Crippen LogP contribution in [0.1, 0.15) is 13.3 Å². The molecule has 1 heterocycles. The van der Waals surface area contributed by atoms with E-state index in [9.17, 15) is 14.4 Å². The van der Waals surface area contributed by atoms with Crippen molar-refractivity contribution in [3.8, 4) is 0 Å². The minimum absolute atomic E-state index is 0.157. The van der Waals surface area contributed by atoms with Crippen LogP contribution in [0.3, 0.4) is 0 Å². The number of carbonyl (C=O) groups is 3. The lowest BCUT2D eigenvalue weighted by Gasteiger charge is -2.37. The third kappa shape index (κ3) is 2.23. The molecule has 0 unspecified atom stereocenters. The molecule has 2 bridgehead atoms. The van der Waals surface area contributed by atoms with E-state index in [2.05, 4.69) is 40.1 Å². The molecule has 134 valence electrons. The number of rotatable bonds is 3. The lowest BCUT2D eigenvalue weighted by Crippen LogP contribution is -2.46. The van der Waals surface area contributed by atoms with Crippen molar-refractivity contribution in [3.63, 3.8) is 0 Å². The molecule has 1 aliphatic heterocycles. The molecule has 0 radical (unpaired) electrons. The highest BCUT2D eigenvalue weighted by atomic mass is 127. The SMILES string of the molecule is C[C@H](C(=O)Nc1ccc(I)cc1)N1C(=O)[C@@H]2[C@H]3C=C[C@@H]([C@@H]4C[C@@H]34)[C@H]2C1=O. The predicted molar refractivity (Wildman–Crippen MR) is 104 cm³/mol. The number of amides is 3. The summed E-state index contributed by atoms with van der Waals surface area (Å²) < 4.78 is 1.07. The number of hydrogen-bond donors (Lipinski definition) is 1. The Morgan fingerprint density at radius 1 is 1.08 bits per heavy atom. The zero-order valence-electron chi connectivity index (χ0n) is 14.3. The van der Waals surface area contributed by atoms with Crippen molar-refractivity contribution in [2.45, 2.75) is 19.4 Å². The molecule has 4 aliphatic carbocycles. The Hall–Kier alpha value is -1.70. The van der Waals surface area contributed by atoms with E-state index in [0.29, 0.717) is 17.5 Å². The van der Waals surface area contributed by atoms with Gasteiger partial charge in [-0.1, -0.05) is 12.2 Å². The van der Waals surface area contributed by atoms with Crippen LogP contribution in [0.5, 0.6) is 0 Å². The van der Waals surface area contributed by atoms with Crippen LogP contribution in [0, 0.1) is 39.1 Å². The van der Waals surface area contributed by atoms with Crippen molar-refractivity contribution in [3.05, 3.63) is 40.0 Å². The molecule has 5 aliphatic rings. The molecule has 0 spiro atoms. The fourth-order valence-electron chi connectivity index (χ4n) is 5.26. The third-order valence-electron chi connectivity index (χ3n) is 6.58. The Balaban J connectivity index is 1.37. The van der Waals surface area contributed by atoms with Crippen LogP contribution in [0.25, 0.3) is 0 Å². The molecular formula is C20H19IN2O3. The van der Waals surface area contributed by atoms with E-state index in [1.165, 1.54) is 4.90 Å². The summed E-state index contributed by atoms with van der Waals surface area (Å²) in [7, 11) is 0. The normalized spacial score (nSPS) is 37.4. The first-order valence-electron chi connectivity index (χ1n) is 9.09. The van der Waals surface area contributed by atoms with Gasteiger partial charge < -0.3 is 5.32 Å².